The summed E-state index contributed by atoms with van der Waals surface area (Å²) in [4.78, 5) is 0. The normalized spacial score (nSPS) is 12.5. The summed E-state index contributed by atoms with van der Waals surface area (Å²) in [6, 6.07) is 7.32. The smallest absolute Gasteiger partial charge is 0.182 e. The number of aryl methyl sites for hydroxylation is 1. The predicted molar refractivity (Wildman–Crippen MR) is 66.6 cm³/mol. The number of tetrazole rings is 1. The summed E-state index contributed by atoms with van der Waals surface area (Å²) in [5.41, 5.74) is 7.21. The summed E-state index contributed by atoms with van der Waals surface area (Å²) >= 11 is 0. The number of hydrogen-bond donors (Lipinski definition) is 1. The first-order chi connectivity index (χ1) is 8.16. The highest BCUT2D eigenvalue weighted by Crippen LogP contribution is 2.16. The minimum absolute atomic E-state index is 0.535. The maximum atomic E-state index is 11.0. The molecule has 0 aliphatic heterocycles. The maximum absolute atomic E-state index is 11.0. The number of rotatable bonds is 4. The highest BCUT2D eigenvalue weighted by Gasteiger charge is 2.08. The van der Waals surface area contributed by atoms with E-state index in [1.165, 1.54) is 0 Å². The SMILES string of the molecule is CS(=O)CCn1nnnc1-c1ccc(N)cc1. The van der Waals surface area contributed by atoms with Gasteiger partial charge in [-0.3, -0.25) is 4.21 Å². The van der Waals surface area contributed by atoms with Gasteiger partial charge in [0.15, 0.2) is 5.82 Å². The van der Waals surface area contributed by atoms with Crippen LogP contribution in [-0.2, 0) is 17.3 Å². The fourth-order valence-corrected chi connectivity index (χ4v) is 1.84. The number of aromatic nitrogens is 4. The van der Waals surface area contributed by atoms with Gasteiger partial charge in [0.2, 0.25) is 0 Å². The molecule has 0 radical (unpaired) electrons. The van der Waals surface area contributed by atoms with Gasteiger partial charge in [0.05, 0.1) is 6.54 Å². The largest absolute Gasteiger partial charge is 0.399 e. The highest BCUT2D eigenvalue weighted by molar-refractivity contribution is 7.84. The lowest BCUT2D eigenvalue weighted by molar-refractivity contribution is 0.625. The molecule has 17 heavy (non-hydrogen) atoms. The minimum Gasteiger partial charge on any atom is -0.399 e. The molecule has 1 heterocycles. The molecule has 2 rings (SSSR count). The molecule has 1 aromatic heterocycles. The van der Waals surface area contributed by atoms with E-state index in [0.717, 1.165) is 5.56 Å². The van der Waals surface area contributed by atoms with Crippen molar-refractivity contribution >= 4 is 16.5 Å². The Kier molecular flexibility index (Phi) is 3.48. The fraction of sp³-hybridized carbons (Fsp3) is 0.300. The molecule has 1 atom stereocenters. The van der Waals surface area contributed by atoms with Crippen molar-refractivity contribution in [2.75, 3.05) is 17.7 Å². The van der Waals surface area contributed by atoms with Crippen LogP contribution in [0.2, 0.25) is 0 Å². The summed E-state index contributed by atoms with van der Waals surface area (Å²) < 4.78 is 12.7. The van der Waals surface area contributed by atoms with Crippen LogP contribution < -0.4 is 5.73 Å². The van der Waals surface area contributed by atoms with Crippen LogP contribution in [0.5, 0.6) is 0 Å². The molecule has 2 aromatic rings. The fourth-order valence-electron chi connectivity index (χ4n) is 1.41. The quantitative estimate of drug-likeness (QED) is 0.790. The molecule has 1 unspecified atom stereocenters. The molecule has 0 aliphatic rings. The lowest BCUT2D eigenvalue weighted by atomic mass is 10.2. The topological polar surface area (TPSA) is 86.7 Å². The van der Waals surface area contributed by atoms with Crippen LogP contribution in [0, 0.1) is 0 Å². The summed E-state index contributed by atoms with van der Waals surface area (Å²) in [5.74, 6) is 1.20. The van der Waals surface area contributed by atoms with E-state index in [1.807, 2.05) is 12.1 Å². The van der Waals surface area contributed by atoms with Crippen LogP contribution >= 0.6 is 0 Å². The van der Waals surface area contributed by atoms with Gasteiger partial charge in [0.1, 0.15) is 0 Å². The third kappa shape index (κ3) is 2.88. The Hall–Kier alpha value is -1.76. The second kappa shape index (κ2) is 5.05. The second-order valence-corrected chi connectivity index (χ2v) is 5.18. The van der Waals surface area contributed by atoms with Crippen LogP contribution in [-0.4, -0.2) is 36.4 Å². The molecular weight excluding hydrogens is 238 g/mol. The van der Waals surface area contributed by atoms with E-state index in [0.29, 0.717) is 23.8 Å². The van der Waals surface area contributed by atoms with Crippen LogP contribution in [0.15, 0.2) is 24.3 Å². The van der Waals surface area contributed by atoms with E-state index < -0.39 is 10.8 Å². The Morgan fingerprint density at radius 1 is 1.35 bits per heavy atom. The molecule has 2 N–H and O–H groups in total. The molecule has 0 spiro atoms. The molecule has 0 bridgehead atoms. The molecule has 0 aliphatic carbocycles. The minimum atomic E-state index is -0.855. The zero-order chi connectivity index (χ0) is 12.3. The van der Waals surface area contributed by atoms with E-state index in [1.54, 1.807) is 23.1 Å². The summed E-state index contributed by atoms with van der Waals surface area (Å²) in [7, 11) is -0.855. The van der Waals surface area contributed by atoms with E-state index in [4.69, 9.17) is 5.73 Å². The average molecular weight is 251 g/mol. The molecule has 0 fully saturated rings. The van der Waals surface area contributed by atoms with Crippen molar-refractivity contribution < 1.29 is 4.21 Å². The maximum Gasteiger partial charge on any atom is 0.182 e. The Morgan fingerprint density at radius 2 is 2.06 bits per heavy atom. The summed E-state index contributed by atoms with van der Waals surface area (Å²) in [5, 5.41) is 11.5. The summed E-state index contributed by atoms with van der Waals surface area (Å²) in [6.45, 7) is 0.538. The van der Waals surface area contributed by atoms with Crippen LogP contribution in [0.1, 0.15) is 0 Å². The van der Waals surface area contributed by atoms with Gasteiger partial charge in [0, 0.05) is 34.1 Å². The van der Waals surface area contributed by atoms with Gasteiger partial charge < -0.3 is 5.73 Å². The van der Waals surface area contributed by atoms with Gasteiger partial charge in [-0.2, -0.15) is 0 Å². The molecule has 0 saturated carbocycles. The molecule has 6 nitrogen and oxygen atoms in total. The number of benzene rings is 1. The number of nitrogen functional groups attached to an aromatic ring is 1. The van der Waals surface area contributed by atoms with Crippen molar-refractivity contribution in [1.29, 1.82) is 0 Å². The van der Waals surface area contributed by atoms with Crippen LogP contribution in [0.4, 0.5) is 5.69 Å². The predicted octanol–water partition coefficient (Wildman–Crippen LogP) is 0.301. The number of anilines is 1. The number of nitrogens with two attached hydrogens (primary N) is 1. The highest BCUT2D eigenvalue weighted by atomic mass is 32.2. The molecule has 0 amide bonds. The standard InChI is InChI=1S/C10H13N5OS/c1-17(16)7-6-15-10(12-13-14-15)8-2-4-9(11)5-3-8/h2-5H,6-7,11H2,1H3. The van der Waals surface area contributed by atoms with E-state index in [-0.39, 0.29) is 0 Å². The van der Waals surface area contributed by atoms with Gasteiger partial charge >= 0.3 is 0 Å². The van der Waals surface area contributed by atoms with E-state index in [2.05, 4.69) is 15.5 Å². The second-order valence-electron chi connectivity index (χ2n) is 3.62. The van der Waals surface area contributed by atoms with E-state index in [9.17, 15) is 4.21 Å². The van der Waals surface area contributed by atoms with Crippen molar-refractivity contribution in [3.05, 3.63) is 24.3 Å². The first-order valence-corrected chi connectivity index (χ1v) is 6.81. The molecule has 0 saturated heterocycles. The molecular formula is C10H13N5OS. The average Bonchev–Trinajstić information content (AvgIpc) is 2.75. The molecule has 90 valence electrons. The third-order valence-electron chi connectivity index (χ3n) is 2.29. The zero-order valence-electron chi connectivity index (χ0n) is 9.41. The third-order valence-corrected chi connectivity index (χ3v) is 3.05. The Balaban J connectivity index is 2.24. The van der Waals surface area contributed by atoms with Crippen LogP contribution in [0.3, 0.4) is 0 Å². The van der Waals surface area contributed by atoms with Crippen LogP contribution in [0.25, 0.3) is 11.4 Å². The lowest BCUT2D eigenvalue weighted by Gasteiger charge is -2.03. The van der Waals surface area contributed by atoms with Crippen molar-refractivity contribution in [1.82, 2.24) is 20.2 Å². The van der Waals surface area contributed by atoms with Crippen molar-refractivity contribution in [3.8, 4) is 11.4 Å². The molecule has 1 aromatic carbocycles. The monoisotopic (exact) mass is 251 g/mol. The van der Waals surface area contributed by atoms with Crippen molar-refractivity contribution in [3.63, 3.8) is 0 Å². The molecule has 7 heteroatoms. The Bertz CT molecular complexity index is 522. The lowest BCUT2D eigenvalue weighted by Crippen LogP contribution is -2.09. The first kappa shape index (κ1) is 11.7. The Labute approximate surface area is 101 Å². The van der Waals surface area contributed by atoms with Gasteiger partial charge in [0.25, 0.3) is 0 Å². The van der Waals surface area contributed by atoms with Gasteiger partial charge in [-0.1, -0.05) is 0 Å². The first-order valence-electron chi connectivity index (χ1n) is 5.09. The number of nitrogens with zero attached hydrogens (tertiary/aromatic N) is 4. The summed E-state index contributed by atoms with van der Waals surface area (Å²) in [6.07, 6.45) is 1.66. The van der Waals surface area contributed by atoms with Crippen molar-refractivity contribution in [2.24, 2.45) is 0 Å². The Morgan fingerprint density at radius 3 is 2.71 bits per heavy atom. The number of hydrogen-bond acceptors (Lipinski definition) is 5. The van der Waals surface area contributed by atoms with Gasteiger partial charge in [-0.05, 0) is 34.7 Å². The zero-order valence-corrected chi connectivity index (χ0v) is 10.2. The van der Waals surface area contributed by atoms with E-state index >= 15 is 0 Å². The van der Waals surface area contributed by atoms with Gasteiger partial charge in [-0.15, -0.1) is 5.10 Å². The van der Waals surface area contributed by atoms with Gasteiger partial charge in [-0.25, -0.2) is 4.68 Å². The van der Waals surface area contributed by atoms with Crippen molar-refractivity contribution in [2.45, 2.75) is 6.54 Å².